The van der Waals surface area contributed by atoms with Gasteiger partial charge in [-0.1, -0.05) is 28.4 Å². The molecule has 1 fully saturated rings. The summed E-state index contributed by atoms with van der Waals surface area (Å²) in [6, 6.07) is 4.79. The van der Waals surface area contributed by atoms with Gasteiger partial charge in [0.25, 0.3) is 11.8 Å². The summed E-state index contributed by atoms with van der Waals surface area (Å²) in [6.07, 6.45) is -0.715. The zero-order valence-electron chi connectivity index (χ0n) is 18.3. The van der Waals surface area contributed by atoms with Crippen molar-refractivity contribution in [3.8, 4) is 5.75 Å². The maximum absolute atomic E-state index is 13.0. The molecule has 2 atom stereocenters. The molecule has 0 saturated carbocycles. The highest BCUT2D eigenvalue weighted by Crippen LogP contribution is 2.25. The van der Waals surface area contributed by atoms with Crippen LogP contribution in [0.25, 0.3) is 0 Å². The van der Waals surface area contributed by atoms with Crippen molar-refractivity contribution in [2.45, 2.75) is 52.8 Å². The van der Waals surface area contributed by atoms with Crippen LogP contribution in [0.3, 0.4) is 0 Å². The maximum atomic E-state index is 13.0. The second-order valence-electron chi connectivity index (χ2n) is 8.06. The maximum Gasteiger partial charge on any atom is 0.276 e. The van der Waals surface area contributed by atoms with Gasteiger partial charge in [0.1, 0.15) is 5.75 Å². The smallest absolute Gasteiger partial charge is 0.276 e. The number of rotatable bonds is 5. The molecule has 1 aliphatic heterocycles. The van der Waals surface area contributed by atoms with Gasteiger partial charge in [0, 0.05) is 41.8 Å². The quantitative estimate of drug-likeness (QED) is 0.670. The molecule has 1 aromatic heterocycles. The van der Waals surface area contributed by atoms with Gasteiger partial charge < -0.3 is 14.5 Å². The number of carbonyl (C=O) groups is 2. The molecule has 2 heterocycles. The predicted octanol–water partition coefficient (Wildman–Crippen LogP) is 3.61. The molecular formula is C21H27Cl2N5O3. The molecule has 3 rings (SSSR count). The number of aromatic nitrogens is 3. The zero-order chi connectivity index (χ0) is 22.9. The molecule has 10 heteroatoms. The molecule has 0 radical (unpaired) electrons. The van der Waals surface area contributed by atoms with Crippen LogP contribution < -0.4 is 4.74 Å². The molecule has 0 bridgehead atoms. The van der Waals surface area contributed by atoms with Crippen molar-refractivity contribution in [2.24, 2.45) is 0 Å². The first-order valence-electron chi connectivity index (χ1n) is 10.2. The Hall–Kier alpha value is -2.32. The van der Waals surface area contributed by atoms with E-state index in [1.807, 2.05) is 27.7 Å². The Balaban J connectivity index is 1.64. The van der Waals surface area contributed by atoms with E-state index in [2.05, 4.69) is 10.3 Å². The molecule has 168 valence electrons. The van der Waals surface area contributed by atoms with Crippen LogP contribution in [-0.2, 0) is 4.79 Å². The average Bonchev–Trinajstić information content (AvgIpc) is 3.07. The van der Waals surface area contributed by atoms with E-state index in [1.165, 1.54) is 0 Å². The van der Waals surface area contributed by atoms with Gasteiger partial charge in [-0.3, -0.25) is 9.59 Å². The van der Waals surface area contributed by atoms with Crippen LogP contribution in [0.4, 0.5) is 0 Å². The van der Waals surface area contributed by atoms with Crippen molar-refractivity contribution in [1.82, 2.24) is 24.8 Å². The molecule has 2 unspecified atom stereocenters. The predicted molar refractivity (Wildman–Crippen MR) is 119 cm³/mol. The minimum absolute atomic E-state index is 0.123. The van der Waals surface area contributed by atoms with Crippen molar-refractivity contribution < 1.29 is 14.3 Å². The molecule has 1 aromatic carbocycles. The van der Waals surface area contributed by atoms with Gasteiger partial charge >= 0.3 is 0 Å². The van der Waals surface area contributed by atoms with Gasteiger partial charge in [-0.2, -0.15) is 0 Å². The number of carbonyl (C=O) groups excluding carboxylic acids is 2. The summed E-state index contributed by atoms with van der Waals surface area (Å²) < 4.78 is 7.50. The number of nitrogens with zero attached hydrogens (tertiary/aromatic N) is 5. The van der Waals surface area contributed by atoms with E-state index in [9.17, 15) is 9.59 Å². The molecule has 8 nitrogen and oxygen atoms in total. The Labute approximate surface area is 192 Å². The molecule has 0 N–H and O–H groups in total. The minimum atomic E-state index is -0.715. The van der Waals surface area contributed by atoms with E-state index in [0.29, 0.717) is 41.1 Å². The molecule has 2 aromatic rings. The van der Waals surface area contributed by atoms with E-state index in [1.54, 1.807) is 39.6 Å². The average molecular weight is 468 g/mol. The summed E-state index contributed by atoms with van der Waals surface area (Å²) in [5.41, 5.74) is 1.10. The first-order chi connectivity index (χ1) is 14.6. The van der Waals surface area contributed by atoms with E-state index < -0.39 is 6.10 Å². The van der Waals surface area contributed by atoms with Gasteiger partial charge in [0.2, 0.25) is 0 Å². The number of halogens is 2. The molecule has 0 spiro atoms. The van der Waals surface area contributed by atoms with Crippen molar-refractivity contribution >= 4 is 35.0 Å². The van der Waals surface area contributed by atoms with Crippen LogP contribution in [0.15, 0.2) is 18.2 Å². The summed E-state index contributed by atoms with van der Waals surface area (Å²) in [4.78, 5) is 29.4. The third-order valence-corrected chi connectivity index (χ3v) is 5.75. The van der Waals surface area contributed by atoms with Crippen LogP contribution in [0.5, 0.6) is 5.75 Å². The van der Waals surface area contributed by atoms with Crippen molar-refractivity contribution in [3.05, 3.63) is 39.6 Å². The highest BCUT2D eigenvalue weighted by molar-refractivity contribution is 6.34. The van der Waals surface area contributed by atoms with Gasteiger partial charge in [0.05, 0.1) is 5.69 Å². The van der Waals surface area contributed by atoms with Crippen molar-refractivity contribution in [2.75, 3.05) is 19.6 Å². The van der Waals surface area contributed by atoms with E-state index in [0.717, 1.165) is 5.69 Å². The Morgan fingerprint density at radius 2 is 1.77 bits per heavy atom. The number of amides is 2. The van der Waals surface area contributed by atoms with Crippen molar-refractivity contribution in [3.63, 3.8) is 0 Å². The molecule has 0 aliphatic carbocycles. The largest absolute Gasteiger partial charge is 0.481 e. The van der Waals surface area contributed by atoms with Gasteiger partial charge in [-0.05, 0) is 52.8 Å². The van der Waals surface area contributed by atoms with Crippen molar-refractivity contribution in [1.29, 1.82) is 0 Å². The highest BCUT2D eigenvalue weighted by atomic mass is 35.5. The number of hydrogen-bond acceptors (Lipinski definition) is 5. The molecule has 1 aliphatic rings. The first kappa shape index (κ1) is 23.3. The van der Waals surface area contributed by atoms with Gasteiger partial charge in [-0.25, -0.2) is 4.68 Å². The topological polar surface area (TPSA) is 80.6 Å². The summed E-state index contributed by atoms with van der Waals surface area (Å²) in [6.45, 7) is 10.7. The monoisotopic (exact) mass is 467 g/mol. The Kier molecular flexibility index (Phi) is 7.11. The lowest BCUT2D eigenvalue weighted by atomic mass is 10.1. The standard InChI is InChI=1S/C21H27Cl2N5O3/c1-12(2)28-14(4)19(24-25-28)21(30)26-6-7-27(13(3)11-26)20(29)15(5)31-18-9-16(22)8-17(23)10-18/h8-10,12-13,15H,6-7,11H2,1-5H3. The fraction of sp³-hybridized carbons (Fsp3) is 0.524. The fourth-order valence-corrected chi connectivity index (χ4v) is 4.24. The number of piperazine rings is 1. The molecule has 31 heavy (non-hydrogen) atoms. The first-order valence-corrected chi connectivity index (χ1v) is 11.0. The normalized spacial score (nSPS) is 17.7. The molecule has 1 saturated heterocycles. The van der Waals surface area contributed by atoms with Crippen LogP contribution in [-0.4, -0.2) is 68.4 Å². The SMILES string of the molecule is Cc1c(C(=O)N2CCN(C(=O)C(C)Oc3cc(Cl)cc(Cl)c3)C(C)C2)nnn1C(C)C. The van der Waals surface area contributed by atoms with E-state index in [4.69, 9.17) is 27.9 Å². The lowest BCUT2D eigenvalue weighted by Crippen LogP contribution is -2.57. The van der Waals surface area contributed by atoms with Crippen LogP contribution in [0.2, 0.25) is 10.0 Å². The third-order valence-electron chi connectivity index (χ3n) is 5.31. The summed E-state index contributed by atoms with van der Waals surface area (Å²) in [5.74, 6) is 0.113. The van der Waals surface area contributed by atoms with Crippen LogP contribution in [0.1, 0.15) is 49.9 Å². The summed E-state index contributed by atoms with van der Waals surface area (Å²) >= 11 is 12.0. The van der Waals surface area contributed by atoms with E-state index >= 15 is 0 Å². The van der Waals surface area contributed by atoms with Crippen LogP contribution >= 0.6 is 23.2 Å². The Morgan fingerprint density at radius 3 is 2.32 bits per heavy atom. The van der Waals surface area contributed by atoms with Gasteiger partial charge in [0.15, 0.2) is 11.8 Å². The summed E-state index contributed by atoms with van der Waals surface area (Å²) in [5, 5.41) is 9.04. The van der Waals surface area contributed by atoms with Gasteiger partial charge in [-0.15, -0.1) is 5.10 Å². The Morgan fingerprint density at radius 1 is 1.13 bits per heavy atom. The molecular weight excluding hydrogens is 441 g/mol. The Bertz CT molecular complexity index is 958. The minimum Gasteiger partial charge on any atom is -0.481 e. The highest BCUT2D eigenvalue weighted by Gasteiger charge is 2.34. The lowest BCUT2D eigenvalue weighted by molar-refractivity contribution is -0.142. The van der Waals surface area contributed by atoms with E-state index in [-0.39, 0.29) is 23.9 Å². The van der Waals surface area contributed by atoms with Crippen LogP contribution in [0, 0.1) is 6.92 Å². The second kappa shape index (κ2) is 9.44. The lowest BCUT2D eigenvalue weighted by Gasteiger charge is -2.40. The molecule has 2 amide bonds. The number of hydrogen-bond donors (Lipinski definition) is 0. The fourth-order valence-electron chi connectivity index (χ4n) is 3.73. The third kappa shape index (κ3) is 5.13. The second-order valence-corrected chi connectivity index (χ2v) is 8.93. The number of benzene rings is 1. The number of ether oxygens (including phenoxy) is 1. The zero-order valence-corrected chi connectivity index (χ0v) is 19.8. The summed E-state index contributed by atoms with van der Waals surface area (Å²) in [7, 11) is 0.